The van der Waals surface area contributed by atoms with Crippen molar-refractivity contribution in [2.45, 2.75) is 71.3 Å². The number of likely N-dealkylation sites (tertiary alicyclic amines) is 1. The summed E-state index contributed by atoms with van der Waals surface area (Å²) in [5.41, 5.74) is 6.28. The average molecular weight is 329 g/mol. The monoisotopic (exact) mass is 328 g/mol. The number of halogens is 1. The van der Waals surface area contributed by atoms with E-state index in [9.17, 15) is 4.79 Å². The summed E-state index contributed by atoms with van der Waals surface area (Å²) in [6, 6.07) is 0.325. The summed E-state index contributed by atoms with van der Waals surface area (Å²) in [7, 11) is 0. The first-order valence-electron chi connectivity index (χ1n) is 9.07. The first-order chi connectivity index (χ1) is 10.0. The molecule has 0 radical (unpaired) electrons. The van der Waals surface area contributed by atoms with Crippen molar-refractivity contribution in [1.82, 2.24) is 4.90 Å². The first-order valence-corrected chi connectivity index (χ1v) is 9.07. The van der Waals surface area contributed by atoms with Crippen LogP contribution in [-0.4, -0.2) is 29.9 Å². The van der Waals surface area contributed by atoms with Crippen LogP contribution in [0.15, 0.2) is 0 Å². The Kier molecular flexibility index (Phi) is 5.82. The Hall–Kier alpha value is -0.280. The van der Waals surface area contributed by atoms with Crippen molar-refractivity contribution in [3.05, 3.63) is 0 Å². The van der Waals surface area contributed by atoms with Gasteiger partial charge in [0, 0.05) is 24.5 Å². The number of carbonyl (C=O) groups excluding carboxylic acids is 1. The Morgan fingerprint density at radius 2 is 1.86 bits per heavy atom. The molecule has 0 aromatic rings. The Bertz CT molecular complexity index is 393. The molecule has 2 aliphatic carbocycles. The SMILES string of the molecule is CC(C)CC1(C(=O)N2CC3CCCC(N)C3C2)CCCC1.Cl. The fourth-order valence-electron chi connectivity index (χ4n) is 5.36. The molecule has 2 N–H and O–H groups in total. The van der Waals surface area contributed by atoms with Crippen molar-refractivity contribution in [3.8, 4) is 0 Å². The summed E-state index contributed by atoms with van der Waals surface area (Å²) in [6.45, 7) is 6.43. The molecule has 128 valence electrons. The minimum Gasteiger partial charge on any atom is -0.342 e. The molecular weight excluding hydrogens is 296 g/mol. The van der Waals surface area contributed by atoms with Crippen LogP contribution in [0.4, 0.5) is 0 Å². The number of amides is 1. The van der Waals surface area contributed by atoms with Crippen LogP contribution in [-0.2, 0) is 4.79 Å². The van der Waals surface area contributed by atoms with Crippen molar-refractivity contribution in [3.63, 3.8) is 0 Å². The number of carbonyl (C=O) groups is 1. The van der Waals surface area contributed by atoms with Gasteiger partial charge in [-0.2, -0.15) is 0 Å². The second-order valence-corrected chi connectivity index (χ2v) is 8.31. The van der Waals surface area contributed by atoms with Gasteiger partial charge in [-0.05, 0) is 49.9 Å². The van der Waals surface area contributed by atoms with Crippen LogP contribution in [0.2, 0.25) is 0 Å². The summed E-state index contributed by atoms with van der Waals surface area (Å²) in [6.07, 6.45) is 9.45. The Labute approximate surface area is 141 Å². The molecule has 1 saturated heterocycles. The zero-order valence-corrected chi connectivity index (χ0v) is 15.0. The number of hydrogen-bond donors (Lipinski definition) is 1. The molecule has 0 spiro atoms. The van der Waals surface area contributed by atoms with Crippen molar-refractivity contribution < 1.29 is 4.79 Å². The molecule has 0 aromatic heterocycles. The van der Waals surface area contributed by atoms with E-state index < -0.39 is 0 Å². The van der Waals surface area contributed by atoms with E-state index in [-0.39, 0.29) is 17.8 Å². The number of hydrogen-bond acceptors (Lipinski definition) is 2. The van der Waals surface area contributed by atoms with Gasteiger partial charge < -0.3 is 10.6 Å². The highest BCUT2D eigenvalue weighted by molar-refractivity contribution is 5.85. The lowest BCUT2D eigenvalue weighted by atomic mass is 9.77. The smallest absolute Gasteiger partial charge is 0.228 e. The molecule has 3 nitrogen and oxygen atoms in total. The van der Waals surface area contributed by atoms with E-state index in [1.165, 1.54) is 25.7 Å². The second kappa shape index (κ2) is 7.09. The van der Waals surface area contributed by atoms with E-state index in [2.05, 4.69) is 18.7 Å². The number of fused-ring (bicyclic) bond motifs is 1. The van der Waals surface area contributed by atoms with E-state index in [4.69, 9.17) is 5.73 Å². The molecule has 3 unspecified atom stereocenters. The van der Waals surface area contributed by atoms with Crippen LogP contribution in [0.3, 0.4) is 0 Å². The highest BCUT2D eigenvalue weighted by Gasteiger charge is 2.48. The lowest BCUT2D eigenvalue weighted by molar-refractivity contribution is -0.142. The van der Waals surface area contributed by atoms with E-state index >= 15 is 0 Å². The Morgan fingerprint density at radius 3 is 2.45 bits per heavy atom. The molecule has 3 atom stereocenters. The molecule has 1 aliphatic heterocycles. The molecule has 3 rings (SSSR count). The molecule has 1 heterocycles. The largest absolute Gasteiger partial charge is 0.342 e. The number of nitrogens with zero attached hydrogens (tertiary/aromatic N) is 1. The molecule has 22 heavy (non-hydrogen) atoms. The van der Waals surface area contributed by atoms with Gasteiger partial charge in [-0.15, -0.1) is 12.4 Å². The van der Waals surface area contributed by atoms with Gasteiger partial charge >= 0.3 is 0 Å². The highest BCUT2D eigenvalue weighted by Crippen LogP contribution is 2.46. The van der Waals surface area contributed by atoms with E-state index in [0.29, 0.717) is 29.7 Å². The van der Waals surface area contributed by atoms with Gasteiger partial charge in [-0.1, -0.05) is 33.1 Å². The fraction of sp³-hybridized carbons (Fsp3) is 0.944. The van der Waals surface area contributed by atoms with Gasteiger partial charge in [0.05, 0.1) is 0 Å². The summed E-state index contributed by atoms with van der Waals surface area (Å²) >= 11 is 0. The van der Waals surface area contributed by atoms with Gasteiger partial charge in [0.15, 0.2) is 0 Å². The van der Waals surface area contributed by atoms with Crippen LogP contribution in [0.1, 0.15) is 65.2 Å². The zero-order valence-electron chi connectivity index (χ0n) is 14.2. The van der Waals surface area contributed by atoms with Crippen LogP contribution < -0.4 is 5.73 Å². The van der Waals surface area contributed by atoms with Crippen LogP contribution >= 0.6 is 12.4 Å². The Balaban J connectivity index is 0.00000176. The van der Waals surface area contributed by atoms with Crippen LogP contribution in [0.25, 0.3) is 0 Å². The predicted molar refractivity (Wildman–Crippen MR) is 93.0 cm³/mol. The minimum absolute atomic E-state index is 0. The first kappa shape index (κ1) is 18.1. The normalized spacial score (nSPS) is 33.6. The molecule has 1 amide bonds. The van der Waals surface area contributed by atoms with Gasteiger partial charge in [0.2, 0.25) is 5.91 Å². The van der Waals surface area contributed by atoms with Gasteiger partial charge in [0.25, 0.3) is 0 Å². The molecular formula is C18H33ClN2O. The highest BCUT2D eigenvalue weighted by atomic mass is 35.5. The minimum atomic E-state index is -0.0360. The maximum atomic E-state index is 13.2. The number of rotatable bonds is 3. The average Bonchev–Trinajstić information content (AvgIpc) is 3.05. The molecule has 3 fully saturated rings. The van der Waals surface area contributed by atoms with Crippen molar-refractivity contribution in [2.75, 3.05) is 13.1 Å². The third-order valence-corrected chi connectivity index (χ3v) is 6.25. The van der Waals surface area contributed by atoms with Crippen LogP contribution in [0, 0.1) is 23.2 Å². The third kappa shape index (κ3) is 3.31. The summed E-state index contributed by atoms with van der Waals surface area (Å²) in [5.74, 6) is 2.32. The van der Waals surface area contributed by atoms with E-state index in [0.717, 1.165) is 38.8 Å². The topological polar surface area (TPSA) is 46.3 Å². The van der Waals surface area contributed by atoms with Gasteiger partial charge in [0.1, 0.15) is 0 Å². The molecule has 4 heteroatoms. The van der Waals surface area contributed by atoms with Gasteiger partial charge in [-0.25, -0.2) is 0 Å². The summed E-state index contributed by atoms with van der Waals surface area (Å²) < 4.78 is 0. The van der Waals surface area contributed by atoms with Crippen molar-refractivity contribution >= 4 is 18.3 Å². The van der Waals surface area contributed by atoms with Crippen molar-refractivity contribution in [2.24, 2.45) is 28.9 Å². The molecule has 0 aromatic carbocycles. The lowest BCUT2D eigenvalue weighted by Gasteiger charge is -2.34. The predicted octanol–water partition coefficient (Wildman–Crippen LogP) is 3.60. The maximum absolute atomic E-state index is 13.2. The second-order valence-electron chi connectivity index (χ2n) is 8.31. The fourth-order valence-corrected chi connectivity index (χ4v) is 5.36. The number of nitrogens with two attached hydrogens (primary N) is 1. The zero-order chi connectivity index (χ0) is 15.0. The third-order valence-electron chi connectivity index (χ3n) is 6.25. The molecule has 2 saturated carbocycles. The van der Waals surface area contributed by atoms with Crippen LogP contribution in [0.5, 0.6) is 0 Å². The summed E-state index contributed by atoms with van der Waals surface area (Å²) in [4.78, 5) is 15.4. The molecule has 0 bridgehead atoms. The maximum Gasteiger partial charge on any atom is 0.228 e. The van der Waals surface area contributed by atoms with E-state index in [1.807, 2.05) is 0 Å². The van der Waals surface area contributed by atoms with Crippen molar-refractivity contribution in [1.29, 1.82) is 0 Å². The standard InChI is InChI=1S/C18H32N2O.ClH/c1-13(2)10-18(8-3-4-9-18)17(21)20-11-14-6-5-7-16(19)15(14)12-20;/h13-16H,3-12,19H2,1-2H3;1H. The van der Waals surface area contributed by atoms with E-state index in [1.54, 1.807) is 0 Å². The summed E-state index contributed by atoms with van der Waals surface area (Å²) in [5, 5.41) is 0. The lowest BCUT2D eigenvalue weighted by Crippen LogP contribution is -2.43. The quantitative estimate of drug-likeness (QED) is 0.860. The molecule has 3 aliphatic rings. The Morgan fingerprint density at radius 1 is 1.18 bits per heavy atom. The van der Waals surface area contributed by atoms with Gasteiger partial charge in [-0.3, -0.25) is 4.79 Å².